The van der Waals surface area contributed by atoms with Gasteiger partial charge in [0.1, 0.15) is 23.4 Å². The van der Waals surface area contributed by atoms with Crippen LogP contribution < -0.4 is 5.32 Å². The fraction of sp³-hybridized carbons (Fsp3) is 0.462. The van der Waals surface area contributed by atoms with Gasteiger partial charge in [0.05, 0.1) is 0 Å². The monoisotopic (exact) mass is 295 g/mol. The maximum absolute atomic E-state index is 5.97. The zero-order valence-corrected chi connectivity index (χ0v) is 12.4. The van der Waals surface area contributed by atoms with Gasteiger partial charge in [0.15, 0.2) is 5.82 Å². The first-order valence-corrected chi connectivity index (χ1v) is 6.88. The van der Waals surface area contributed by atoms with E-state index in [0.717, 1.165) is 18.8 Å². The number of aryl methyl sites for hydroxylation is 1. The van der Waals surface area contributed by atoms with Gasteiger partial charge >= 0.3 is 0 Å². The van der Waals surface area contributed by atoms with Crippen molar-refractivity contribution in [2.45, 2.75) is 20.0 Å². The average molecular weight is 296 g/mol. The number of rotatable bonds is 7. The van der Waals surface area contributed by atoms with E-state index in [4.69, 9.17) is 16.3 Å². The van der Waals surface area contributed by atoms with Crippen LogP contribution in [0, 0.1) is 0 Å². The van der Waals surface area contributed by atoms with Crippen LogP contribution in [0.4, 0.5) is 5.82 Å². The van der Waals surface area contributed by atoms with E-state index < -0.39 is 0 Å². The molecule has 2 aromatic heterocycles. The Hall–Kier alpha value is -1.66. The van der Waals surface area contributed by atoms with Crippen molar-refractivity contribution in [1.29, 1.82) is 0 Å². The summed E-state index contributed by atoms with van der Waals surface area (Å²) in [4.78, 5) is 12.7. The lowest BCUT2D eigenvalue weighted by atomic mass is 10.4. The van der Waals surface area contributed by atoms with E-state index in [0.29, 0.717) is 30.0 Å². The fourth-order valence-corrected chi connectivity index (χ4v) is 1.95. The van der Waals surface area contributed by atoms with Crippen molar-refractivity contribution in [1.82, 2.24) is 19.5 Å². The van der Waals surface area contributed by atoms with E-state index in [-0.39, 0.29) is 0 Å². The summed E-state index contributed by atoms with van der Waals surface area (Å²) in [5.41, 5.74) is 0. The van der Waals surface area contributed by atoms with Crippen LogP contribution in [0.2, 0.25) is 5.15 Å². The van der Waals surface area contributed by atoms with E-state index in [2.05, 4.69) is 20.3 Å². The second-order valence-electron chi connectivity index (χ2n) is 4.26. The summed E-state index contributed by atoms with van der Waals surface area (Å²) in [6.07, 6.45) is 4.53. The molecule has 6 nitrogen and oxygen atoms in total. The predicted octanol–water partition coefficient (Wildman–Crippen LogP) is 2.05. The van der Waals surface area contributed by atoms with Crippen LogP contribution in [-0.2, 0) is 24.8 Å². The summed E-state index contributed by atoms with van der Waals surface area (Å²) in [7, 11) is 1.98. The third kappa shape index (κ3) is 4.18. The minimum Gasteiger partial charge on any atom is -0.374 e. The number of hydrogen-bond donors (Lipinski definition) is 1. The van der Waals surface area contributed by atoms with Crippen molar-refractivity contribution >= 4 is 17.4 Å². The van der Waals surface area contributed by atoms with Crippen LogP contribution in [0.25, 0.3) is 0 Å². The summed E-state index contributed by atoms with van der Waals surface area (Å²) >= 11 is 5.97. The molecule has 0 bridgehead atoms. The van der Waals surface area contributed by atoms with Crippen LogP contribution in [0.5, 0.6) is 0 Å². The molecule has 0 fully saturated rings. The molecule has 20 heavy (non-hydrogen) atoms. The molecule has 2 heterocycles. The van der Waals surface area contributed by atoms with Crippen molar-refractivity contribution in [3.05, 3.63) is 35.3 Å². The molecule has 0 aliphatic rings. The summed E-state index contributed by atoms with van der Waals surface area (Å²) in [6, 6.07) is 1.70. The van der Waals surface area contributed by atoms with Gasteiger partial charge in [0.25, 0.3) is 0 Å². The van der Waals surface area contributed by atoms with Gasteiger partial charge < -0.3 is 14.6 Å². The molecular formula is C13H18ClN5O. The number of ether oxygens (including phenoxy) is 1. The lowest BCUT2D eigenvalue weighted by Gasteiger charge is -2.08. The molecule has 0 radical (unpaired) electrons. The van der Waals surface area contributed by atoms with Gasteiger partial charge in [-0.1, -0.05) is 11.6 Å². The van der Waals surface area contributed by atoms with Gasteiger partial charge in [-0.2, -0.15) is 0 Å². The highest BCUT2D eigenvalue weighted by atomic mass is 35.5. The molecule has 1 N–H and O–H groups in total. The summed E-state index contributed by atoms with van der Waals surface area (Å²) < 4.78 is 7.28. The first-order chi connectivity index (χ1) is 9.69. The first kappa shape index (κ1) is 14.7. The van der Waals surface area contributed by atoms with Gasteiger partial charge in [-0.25, -0.2) is 15.0 Å². The molecule has 2 rings (SSSR count). The zero-order valence-electron chi connectivity index (χ0n) is 11.6. The molecule has 0 spiro atoms. The van der Waals surface area contributed by atoms with Crippen LogP contribution >= 0.6 is 11.6 Å². The van der Waals surface area contributed by atoms with Crippen molar-refractivity contribution in [2.75, 3.05) is 18.5 Å². The van der Waals surface area contributed by atoms with Crippen molar-refractivity contribution < 1.29 is 4.74 Å². The van der Waals surface area contributed by atoms with Crippen molar-refractivity contribution in [2.24, 2.45) is 7.05 Å². The second kappa shape index (κ2) is 7.21. The largest absolute Gasteiger partial charge is 0.374 e. The number of hydrogen-bond acceptors (Lipinski definition) is 5. The summed E-state index contributed by atoms with van der Waals surface area (Å²) in [5, 5.41) is 3.63. The lowest BCUT2D eigenvalue weighted by Crippen LogP contribution is -2.11. The lowest BCUT2D eigenvalue weighted by molar-refractivity contribution is 0.128. The zero-order chi connectivity index (χ0) is 14.4. The Morgan fingerprint density at radius 2 is 2.25 bits per heavy atom. The van der Waals surface area contributed by atoms with Crippen molar-refractivity contribution in [3.8, 4) is 0 Å². The molecule has 0 aliphatic heterocycles. The van der Waals surface area contributed by atoms with Gasteiger partial charge in [-0.05, 0) is 6.92 Å². The number of halogens is 1. The third-order valence-electron chi connectivity index (χ3n) is 2.75. The van der Waals surface area contributed by atoms with Gasteiger partial charge in [0, 0.05) is 45.1 Å². The first-order valence-electron chi connectivity index (χ1n) is 6.50. The topological polar surface area (TPSA) is 64.9 Å². The Morgan fingerprint density at radius 1 is 1.40 bits per heavy atom. The molecule has 0 amide bonds. The highest BCUT2D eigenvalue weighted by Crippen LogP contribution is 2.12. The van der Waals surface area contributed by atoms with Crippen molar-refractivity contribution in [3.63, 3.8) is 0 Å². The Labute approximate surface area is 123 Å². The molecule has 0 aliphatic carbocycles. The van der Waals surface area contributed by atoms with Gasteiger partial charge in [-0.15, -0.1) is 0 Å². The molecule has 0 atom stereocenters. The van der Waals surface area contributed by atoms with E-state index in [1.807, 2.05) is 24.7 Å². The minimum absolute atomic E-state index is 0.366. The second-order valence-corrected chi connectivity index (χ2v) is 4.65. The molecule has 0 saturated carbocycles. The number of anilines is 1. The molecular weight excluding hydrogens is 278 g/mol. The van der Waals surface area contributed by atoms with E-state index in [9.17, 15) is 0 Å². The predicted molar refractivity (Wildman–Crippen MR) is 77.8 cm³/mol. The van der Waals surface area contributed by atoms with Crippen LogP contribution in [0.1, 0.15) is 18.6 Å². The average Bonchev–Trinajstić information content (AvgIpc) is 2.82. The van der Waals surface area contributed by atoms with Crippen LogP contribution in [0.15, 0.2) is 18.5 Å². The Morgan fingerprint density at radius 3 is 2.95 bits per heavy atom. The minimum atomic E-state index is 0.366. The summed E-state index contributed by atoms with van der Waals surface area (Å²) in [6.45, 7) is 3.64. The molecule has 108 valence electrons. The quantitative estimate of drug-likeness (QED) is 0.792. The van der Waals surface area contributed by atoms with E-state index >= 15 is 0 Å². The van der Waals surface area contributed by atoms with Crippen LogP contribution in [-0.4, -0.2) is 32.7 Å². The van der Waals surface area contributed by atoms with E-state index in [1.54, 1.807) is 12.3 Å². The standard InChI is InChI=1S/C13H18ClN5O/c1-3-20-9-12-17-10(14)8-11(18-12)15-5-4-13-16-6-7-19(13)2/h6-8H,3-5,9H2,1-2H3,(H,15,17,18). The maximum atomic E-state index is 5.97. The number of aromatic nitrogens is 4. The Balaban J connectivity index is 1.91. The van der Waals surface area contributed by atoms with E-state index in [1.165, 1.54) is 0 Å². The molecule has 0 saturated heterocycles. The highest BCUT2D eigenvalue weighted by Gasteiger charge is 2.04. The number of nitrogens with one attached hydrogen (secondary N) is 1. The Bertz CT molecular complexity index is 557. The SMILES string of the molecule is CCOCc1nc(Cl)cc(NCCc2nccn2C)n1. The number of nitrogens with zero attached hydrogens (tertiary/aromatic N) is 4. The molecule has 2 aromatic rings. The Kier molecular flexibility index (Phi) is 5.31. The normalized spacial score (nSPS) is 10.8. The van der Waals surface area contributed by atoms with Crippen LogP contribution in [0.3, 0.4) is 0 Å². The maximum Gasteiger partial charge on any atom is 0.158 e. The smallest absolute Gasteiger partial charge is 0.158 e. The van der Waals surface area contributed by atoms with Gasteiger partial charge in [0.2, 0.25) is 0 Å². The molecule has 0 unspecified atom stereocenters. The fourth-order valence-electron chi connectivity index (χ4n) is 1.75. The highest BCUT2D eigenvalue weighted by molar-refractivity contribution is 6.29. The number of imidazole rings is 1. The molecule has 0 aromatic carbocycles. The third-order valence-corrected chi connectivity index (χ3v) is 2.95. The van der Waals surface area contributed by atoms with Gasteiger partial charge in [-0.3, -0.25) is 0 Å². The molecule has 7 heteroatoms. The summed E-state index contributed by atoms with van der Waals surface area (Å²) in [5.74, 6) is 2.31.